The molecule has 0 saturated carbocycles. The number of rotatable bonds is 5. The van der Waals surface area contributed by atoms with Gasteiger partial charge in [0, 0.05) is 23.6 Å². The normalized spacial score (nSPS) is 10.2. The van der Waals surface area contributed by atoms with Gasteiger partial charge >= 0.3 is 0 Å². The Hall–Kier alpha value is -3.41. The zero-order valence-electron chi connectivity index (χ0n) is 12.7. The summed E-state index contributed by atoms with van der Waals surface area (Å²) in [7, 11) is 0. The zero-order chi connectivity index (χ0) is 16.8. The summed E-state index contributed by atoms with van der Waals surface area (Å²) in [6.45, 7) is 0.304. The fourth-order valence-electron chi connectivity index (χ4n) is 2.12. The third-order valence-electron chi connectivity index (χ3n) is 3.31. The van der Waals surface area contributed by atoms with Crippen molar-refractivity contribution in [2.45, 2.75) is 6.54 Å². The summed E-state index contributed by atoms with van der Waals surface area (Å²) >= 11 is 0. The SMILES string of the molecule is O=C(NCc1ccco1)c1cccc(NC(=O)c2cccnc2)c1. The lowest BCUT2D eigenvalue weighted by molar-refractivity contribution is 0.0946. The number of hydrogen-bond donors (Lipinski definition) is 2. The Morgan fingerprint density at radius 1 is 1.00 bits per heavy atom. The first-order chi connectivity index (χ1) is 11.7. The lowest BCUT2D eigenvalue weighted by Gasteiger charge is -2.08. The molecular weight excluding hydrogens is 306 g/mol. The van der Waals surface area contributed by atoms with Crippen molar-refractivity contribution in [2.24, 2.45) is 0 Å². The van der Waals surface area contributed by atoms with Crippen molar-refractivity contribution in [3.05, 3.63) is 84.1 Å². The minimum Gasteiger partial charge on any atom is -0.467 e. The molecule has 3 aromatic rings. The maximum atomic E-state index is 12.2. The van der Waals surface area contributed by atoms with Crippen LogP contribution in [0.3, 0.4) is 0 Å². The highest BCUT2D eigenvalue weighted by Crippen LogP contribution is 2.12. The first kappa shape index (κ1) is 15.5. The van der Waals surface area contributed by atoms with Gasteiger partial charge in [0.1, 0.15) is 5.76 Å². The van der Waals surface area contributed by atoms with Crippen molar-refractivity contribution in [1.82, 2.24) is 10.3 Å². The van der Waals surface area contributed by atoms with E-state index in [1.54, 1.807) is 61.0 Å². The Bertz CT molecular complexity index is 830. The molecule has 2 aromatic heterocycles. The number of aromatic nitrogens is 1. The third-order valence-corrected chi connectivity index (χ3v) is 3.31. The predicted molar refractivity (Wildman–Crippen MR) is 88.5 cm³/mol. The summed E-state index contributed by atoms with van der Waals surface area (Å²) < 4.78 is 5.17. The quantitative estimate of drug-likeness (QED) is 0.757. The summed E-state index contributed by atoms with van der Waals surface area (Å²) in [5, 5.41) is 5.50. The summed E-state index contributed by atoms with van der Waals surface area (Å²) in [6, 6.07) is 13.6. The fourth-order valence-corrected chi connectivity index (χ4v) is 2.12. The van der Waals surface area contributed by atoms with Crippen LogP contribution in [0.25, 0.3) is 0 Å². The van der Waals surface area contributed by atoms with E-state index in [1.807, 2.05) is 0 Å². The molecular formula is C18H15N3O3. The lowest BCUT2D eigenvalue weighted by Crippen LogP contribution is -2.22. The molecule has 0 radical (unpaired) electrons. The number of carbonyl (C=O) groups excluding carboxylic acids is 2. The Kier molecular flexibility index (Phi) is 4.67. The number of nitrogens with zero attached hydrogens (tertiary/aromatic N) is 1. The van der Waals surface area contributed by atoms with Crippen LogP contribution in [-0.2, 0) is 6.54 Å². The molecule has 1 aromatic carbocycles. The third kappa shape index (κ3) is 3.86. The number of hydrogen-bond acceptors (Lipinski definition) is 4. The number of furan rings is 1. The highest BCUT2D eigenvalue weighted by atomic mass is 16.3. The largest absolute Gasteiger partial charge is 0.467 e. The summed E-state index contributed by atoms with van der Waals surface area (Å²) in [6.07, 6.45) is 4.63. The maximum absolute atomic E-state index is 12.2. The molecule has 0 aliphatic heterocycles. The standard InChI is InChI=1S/C18H15N3O3/c22-17(20-12-16-7-3-9-24-16)13-4-1-6-15(10-13)21-18(23)14-5-2-8-19-11-14/h1-11H,12H2,(H,20,22)(H,21,23). The van der Waals surface area contributed by atoms with Gasteiger partial charge in [-0.2, -0.15) is 0 Å². The van der Waals surface area contributed by atoms with Crippen molar-refractivity contribution in [1.29, 1.82) is 0 Å². The van der Waals surface area contributed by atoms with Crippen LogP contribution in [0.4, 0.5) is 5.69 Å². The monoisotopic (exact) mass is 321 g/mol. The number of nitrogens with one attached hydrogen (secondary N) is 2. The van der Waals surface area contributed by atoms with E-state index >= 15 is 0 Å². The summed E-state index contributed by atoms with van der Waals surface area (Å²) in [4.78, 5) is 28.2. The molecule has 0 unspecified atom stereocenters. The second kappa shape index (κ2) is 7.23. The number of pyridine rings is 1. The Morgan fingerprint density at radius 3 is 2.62 bits per heavy atom. The van der Waals surface area contributed by atoms with Gasteiger partial charge in [-0.15, -0.1) is 0 Å². The van der Waals surface area contributed by atoms with Gasteiger partial charge in [-0.25, -0.2) is 0 Å². The minimum atomic E-state index is -0.281. The van der Waals surface area contributed by atoms with Gasteiger partial charge < -0.3 is 15.1 Å². The molecule has 0 aliphatic rings. The Balaban J connectivity index is 1.65. The van der Waals surface area contributed by atoms with Gasteiger partial charge in [0.15, 0.2) is 0 Å². The number of benzene rings is 1. The molecule has 0 bridgehead atoms. The van der Waals surface area contributed by atoms with Gasteiger partial charge in [0.2, 0.25) is 0 Å². The zero-order valence-corrected chi connectivity index (χ0v) is 12.7. The first-order valence-electron chi connectivity index (χ1n) is 7.34. The Labute approximate surface area is 138 Å². The fraction of sp³-hybridized carbons (Fsp3) is 0.0556. The highest BCUT2D eigenvalue weighted by Gasteiger charge is 2.09. The first-order valence-corrected chi connectivity index (χ1v) is 7.34. The van der Waals surface area contributed by atoms with Gasteiger partial charge in [-0.05, 0) is 42.5 Å². The van der Waals surface area contributed by atoms with Crippen LogP contribution in [0.1, 0.15) is 26.5 Å². The molecule has 24 heavy (non-hydrogen) atoms. The molecule has 0 atom stereocenters. The predicted octanol–water partition coefficient (Wildman–Crippen LogP) is 2.86. The van der Waals surface area contributed by atoms with Crippen LogP contribution >= 0.6 is 0 Å². The molecule has 3 rings (SSSR count). The van der Waals surface area contributed by atoms with E-state index in [9.17, 15) is 9.59 Å². The van der Waals surface area contributed by atoms with E-state index in [-0.39, 0.29) is 11.8 Å². The molecule has 0 aliphatic carbocycles. The van der Waals surface area contributed by atoms with Gasteiger partial charge in [-0.3, -0.25) is 14.6 Å². The summed E-state index contributed by atoms with van der Waals surface area (Å²) in [5.74, 6) is 0.143. The molecule has 0 spiro atoms. The Morgan fingerprint density at radius 2 is 1.88 bits per heavy atom. The summed E-state index contributed by atoms with van der Waals surface area (Å²) in [5.41, 5.74) is 1.44. The van der Waals surface area contributed by atoms with Crippen LogP contribution in [0.15, 0.2) is 71.6 Å². The molecule has 0 saturated heterocycles. The maximum Gasteiger partial charge on any atom is 0.257 e. The van der Waals surface area contributed by atoms with Crippen molar-refractivity contribution in [3.8, 4) is 0 Å². The van der Waals surface area contributed by atoms with Gasteiger partial charge in [0.05, 0.1) is 18.4 Å². The van der Waals surface area contributed by atoms with E-state index in [4.69, 9.17) is 4.42 Å². The minimum absolute atomic E-state index is 0.246. The van der Waals surface area contributed by atoms with E-state index in [0.29, 0.717) is 29.1 Å². The molecule has 120 valence electrons. The van der Waals surface area contributed by atoms with Crippen molar-refractivity contribution < 1.29 is 14.0 Å². The van der Waals surface area contributed by atoms with Crippen LogP contribution in [-0.4, -0.2) is 16.8 Å². The molecule has 2 N–H and O–H groups in total. The second-order valence-corrected chi connectivity index (χ2v) is 5.04. The molecule has 6 heteroatoms. The van der Waals surface area contributed by atoms with E-state index in [2.05, 4.69) is 15.6 Å². The average Bonchev–Trinajstić information content (AvgIpc) is 3.14. The van der Waals surface area contributed by atoms with Gasteiger partial charge in [0.25, 0.3) is 11.8 Å². The molecule has 0 fully saturated rings. The van der Waals surface area contributed by atoms with E-state index in [1.165, 1.54) is 6.20 Å². The molecule has 6 nitrogen and oxygen atoms in total. The van der Waals surface area contributed by atoms with Crippen LogP contribution in [0, 0.1) is 0 Å². The van der Waals surface area contributed by atoms with Crippen molar-refractivity contribution in [3.63, 3.8) is 0 Å². The van der Waals surface area contributed by atoms with E-state index < -0.39 is 0 Å². The number of anilines is 1. The smallest absolute Gasteiger partial charge is 0.257 e. The topological polar surface area (TPSA) is 84.2 Å². The van der Waals surface area contributed by atoms with Crippen LogP contribution < -0.4 is 10.6 Å². The number of amides is 2. The molecule has 2 amide bonds. The van der Waals surface area contributed by atoms with Crippen LogP contribution in [0.2, 0.25) is 0 Å². The van der Waals surface area contributed by atoms with Crippen molar-refractivity contribution >= 4 is 17.5 Å². The second-order valence-electron chi connectivity index (χ2n) is 5.04. The van der Waals surface area contributed by atoms with E-state index in [0.717, 1.165) is 0 Å². The number of carbonyl (C=O) groups is 2. The molecule has 2 heterocycles. The highest BCUT2D eigenvalue weighted by molar-refractivity contribution is 6.04. The van der Waals surface area contributed by atoms with Crippen LogP contribution in [0.5, 0.6) is 0 Å². The average molecular weight is 321 g/mol. The van der Waals surface area contributed by atoms with Gasteiger partial charge in [-0.1, -0.05) is 6.07 Å². The lowest BCUT2D eigenvalue weighted by atomic mass is 10.1. The van der Waals surface area contributed by atoms with Crippen molar-refractivity contribution in [2.75, 3.05) is 5.32 Å².